The molecule has 1 rings (SSSR count). The van der Waals surface area contributed by atoms with Crippen LogP contribution in [0.15, 0.2) is 0 Å². The lowest BCUT2D eigenvalue weighted by atomic mass is 9.93. The van der Waals surface area contributed by atoms with E-state index >= 15 is 0 Å². The molecule has 0 saturated carbocycles. The first-order chi connectivity index (χ1) is 7.47. The van der Waals surface area contributed by atoms with Crippen molar-refractivity contribution in [3.63, 3.8) is 0 Å². The van der Waals surface area contributed by atoms with Gasteiger partial charge in [0.05, 0.1) is 5.60 Å². The van der Waals surface area contributed by atoms with Crippen molar-refractivity contribution < 1.29 is 9.90 Å². The van der Waals surface area contributed by atoms with Gasteiger partial charge in [0.15, 0.2) is 0 Å². The van der Waals surface area contributed by atoms with Gasteiger partial charge in [-0.15, -0.1) is 0 Å². The minimum Gasteiger partial charge on any atom is -0.389 e. The number of amides is 1. The standard InChI is InChI=1S/C12H24N2O2/c1-12(2,16)9-14-11(15)4-3-10-5-7-13-8-6-10/h10,13,16H,3-9H2,1-2H3,(H,14,15). The summed E-state index contributed by atoms with van der Waals surface area (Å²) in [5.41, 5.74) is -0.815. The molecule has 0 radical (unpaired) electrons. The first kappa shape index (κ1) is 13.5. The zero-order valence-electron chi connectivity index (χ0n) is 10.4. The van der Waals surface area contributed by atoms with Crippen LogP contribution in [0.5, 0.6) is 0 Å². The van der Waals surface area contributed by atoms with Gasteiger partial charge in [-0.2, -0.15) is 0 Å². The largest absolute Gasteiger partial charge is 0.389 e. The fourth-order valence-corrected chi connectivity index (χ4v) is 1.91. The summed E-state index contributed by atoms with van der Waals surface area (Å²) in [5.74, 6) is 0.745. The minimum atomic E-state index is -0.815. The summed E-state index contributed by atoms with van der Waals surface area (Å²) in [4.78, 5) is 11.5. The maximum Gasteiger partial charge on any atom is 0.220 e. The number of nitrogens with one attached hydrogen (secondary N) is 2. The number of rotatable bonds is 5. The number of hydrogen-bond acceptors (Lipinski definition) is 3. The Labute approximate surface area is 97.8 Å². The number of carbonyl (C=O) groups is 1. The maximum absolute atomic E-state index is 11.5. The molecule has 16 heavy (non-hydrogen) atoms. The first-order valence-corrected chi connectivity index (χ1v) is 6.17. The van der Waals surface area contributed by atoms with Crippen molar-refractivity contribution in [2.24, 2.45) is 5.92 Å². The lowest BCUT2D eigenvalue weighted by molar-refractivity contribution is -0.122. The van der Waals surface area contributed by atoms with Gasteiger partial charge >= 0.3 is 0 Å². The Morgan fingerprint density at radius 1 is 1.44 bits per heavy atom. The van der Waals surface area contributed by atoms with E-state index in [0.29, 0.717) is 18.9 Å². The van der Waals surface area contributed by atoms with E-state index in [1.807, 2.05) is 0 Å². The Morgan fingerprint density at radius 3 is 2.62 bits per heavy atom. The van der Waals surface area contributed by atoms with Crippen molar-refractivity contribution in [1.82, 2.24) is 10.6 Å². The molecule has 1 aliphatic heterocycles. The molecule has 0 atom stereocenters. The molecule has 1 aliphatic rings. The Morgan fingerprint density at radius 2 is 2.06 bits per heavy atom. The average molecular weight is 228 g/mol. The summed E-state index contributed by atoms with van der Waals surface area (Å²) >= 11 is 0. The van der Waals surface area contributed by atoms with Crippen molar-refractivity contribution in [3.8, 4) is 0 Å². The third kappa shape index (κ3) is 6.08. The van der Waals surface area contributed by atoms with Crippen molar-refractivity contribution in [2.45, 2.75) is 45.1 Å². The smallest absolute Gasteiger partial charge is 0.220 e. The van der Waals surface area contributed by atoms with Gasteiger partial charge in [0.2, 0.25) is 5.91 Å². The van der Waals surface area contributed by atoms with E-state index in [2.05, 4.69) is 10.6 Å². The SMILES string of the molecule is CC(C)(O)CNC(=O)CCC1CCNCC1. The second-order valence-electron chi connectivity index (χ2n) is 5.32. The molecule has 0 unspecified atom stereocenters. The van der Waals surface area contributed by atoms with Gasteiger partial charge in [0, 0.05) is 13.0 Å². The second-order valence-corrected chi connectivity index (χ2v) is 5.32. The minimum absolute atomic E-state index is 0.0562. The average Bonchev–Trinajstić information content (AvgIpc) is 2.24. The molecular weight excluding hydrogens is 204 g/mol. The molecule has 0 aromatic rings. The molecule has 1 fully saturated rings. The molecule has 0 aromatic heterocycles. The second kappa shape index (κ2) is 6.21. The Bertz CT molecular complexity index is 218. The zero-order valence-corrected chi connectivity index (χ0v) is 10.4. The third-order valence-electron chi connectivity index (χ3n) is 2.96. The number of hydrogen-bond donors (Lipinski definition) is 3. The highest BCUT2D eigenvalue weighted by atomic mass is 16.3. The molecule has 0 bridgehead atoms. The third-order valence-corrected chi connectivity index (χ3v) is 2.96. The molecule has 1 saturated heterocycles. The predicted octanol–water partition coefficient (Wildman–Crippen LogP) is 0.653. The van der Waals surface area contributed by atoms with Crippen LogP contribution >= 0.6 is 0 Å². The van der Waals surface area contributed by atoms with Crippen molar-refractivity contribution >= 4 is 5.91 Å². The predicted molar refractivity (Wildman–Crippen MR) is 64.1 cm³/mol. The highest BCUT2D eigenvalue weighted by Gasteiger charge is 2.16. The first-order valence-electron chi connectivity index (χ1n) is 6.17. The van der Waals surface area contributed by atoms with E-state index < -0.39 is 5.60 Å². The summed E-state index contributed by atoms with van der Waals surface area (Å²) in [6.07, 6.45) is 3.91. The molecule has 94 valence electrons. The molecule has 4 heteroatoms. The van der Waals surface area contributed by atoms with Crippen LogP contribution in [0.25, 0.3) is 0 Å². The van der Waals surface area contributed by atoms with Gasteiger partial charge < -0.3 is 15.7 Å². The van der Waals surface area contributed by atoms with E-state index in [1.54, 1.807) is 13.8 Å². The van der Waals surface area contributed by atoms with Crippen LogP contribution < -0.4 is 10.6 Å². The zero-order chi connectivity index (χ0) is 12.0. The van der Waals surface area contributed by atoms with Gasteiger partial charge in [-0.3, -0.25) is 4.79 Å². The lowest BCUT2D eigenvalue weighted by Crippen LogP contribution is -2.38. The van der Waals surface area contributed by atoms with Crippen molar-refractivity contribution in [1.29, 1.82) is 0 Å². The quantitative estimate of drug-likeness (QED) is 0.647. The maximum atomic E-state index is 11.5. The summed E-state index contributed by atoms with van der Waals surface area (Å²) < 4.78 is 0. The van der Waals surface area contributed by atoms with Crippen LogP contribution in [0, 0.1) is 5.92 Å². The summed E-state index contributed by atoms with van der Waals surface area (Å²) in [6.45, 7) is 5.88. The number of carbonyl (C=O) groups excluding carboxylic acids is 1. The number of aliphatic hydroxyl groups is 1. The fourth-order valence-electron chi connectivity index (χ4n) is 1.91. The van der Waals surface area contributed by atoms with Crippen LogP contribution in [0.1, 0.15) is 39.5 Å². The van der Waals surface area contributed by atoms with E-state index in [1.165, 1.54) is 12.8 Å². The normalized spacial score (nSPS) is 18.4. The van der Waals surface area contributed by atoms with Gasteiger partial charge in [-0.05, 0) is 52.1 Å². The fraction of sp³-hybridized carbons (Fsp3) is 0.917. The Kier molecular flexibility index (Phi) is 5.22. The van der Waals surface area contributed by atoms with E-state index in [0.717, 1.165) is 19.5 Å². The molecule has 3 N–H and O–H groups in total. The molecule has 1 amide bonds. The van der Waals surface area contributed by atoms with Crippen molar-refractivity contribution in [2.75, 3.05) is 19.6 Å². The molecular formula is C12H24N2O2. The van der Waals surface area contributed by atoms with Crippen LogP contribution in [0.3, 0.4) is 0 Å². The lowest BCUT2D eigenvalue weighted by Gasteiger charge is -2.22. The van der Waals surface area contributed by atoms with Gasteiger partial charge in [-0.1, -0.05) is 0 Å². The van der Waals surface area contributed by atoms with Crippen molar-refractivity contribution in [3.05, 3.63) is 0 Å². The Hall–Kier alpha value is -0.610. The van der Waals surface area contributed by atoms with Gasteiger partial charge in [0.1, 0.15) is 0 Å². The topological polar surface area (TPSA) is 61.4 Å². The van der Waals surface area contributed by atoms with Gasteiger partial charge in [-0.25, -0.2) is 0 Å². The van der Waals surface area contributed by atoms with Crippen LogP contribution in [-0.4, -0.2) is 36.2 Å². The molecule has 1 heterocycles. The summed E-state index contributed by atoms with van der Waals surface area (Å²) in [6, 6.07) is 0. The summed E-state index contributed by atoms with van der Waals surface area (Å²) in [5, 5.41) is 15.5. The molecule has 0 aromatic carbocycles. The molecule has 4 nitrogen and oxygen atoms in total. The van der Waals surface area contributed by atoms with E-state index in [9.17, 15) is 9.90 Å². The highest BCUT2D eigenvalue weighted by Crippen LogP contribution is 2.17. The van der Waals surface area contributed by atoms with E-state index in [4.69, 9.17) is 0 Å². The van der Waals surface area contributed by atoms with E-state index in [-0.39, 0.29) is 5.91 Å². The summed E-state index contributed by atoms with van der Waals surface area (Å²) in [7, 11) is 0. The Balaban J connectivity index is 2.09. The molecule has 0 spiro atoms. The monoisotopic (exact) mass is 228 g/mol. The van der Waals surface area contributed by atoms with Crippen LogP contribution in [-0.2, 0) is 4.79 Å². The van der Waals surface area contributed by atoms with Gasteiger partial charge in [0.25, 0.3) is 0 Å². The number of piperidine rings is 1. The van der Waals surface area contributed by atoms with Crippen LogP contribution in [0.4, 0.5) is 0 Å². The van der Waals surface area contributed by atoms with Crippen LogP contribution in [0.2, 0.25) is 0 Å². The highest BCUT2D eigenvalue weighted by molar-refractivity contribution is 5.75. The molecule has 0 aliphatic carbocycles.